The van der Waals surface area contributed by atoms with Crippen LogP contribution in [0.1, 0.15) is 40.9 Å². The van der Waals surface area contributed by atoms with Crippen LogP contribution in [0, 0.1) is 6.92 Å². The lowest BCUT2D eigenvalue weighted by Crippen LogP contribution is -2.52. The first-order chi connectivity index (χ1) is 15.3. The van der Waals surface area contributed by atoms with E-state index in [0.717, 1.165) is 17.7 Å². The molecule has 0 amide bonds. The number of hydrogen-bond donors (Lipinski definition) is 1. The molecule has 1 atom stereocenters. The van der Waals surface area contributed by atoms with Gasteiger partial charge in [0.1, 0.15) is 0 Å². The minimum atomic E-state index is -4.50. The highest BCUT2D eigenvalue weighted by molar-refractivity contribution is 7.89. The summed E-state index contributed by atoms with van der Waals surface area (Å²) in [4.78, 5) is 13.4. The Kier molecular flexibility index (Phi) is 6.81. The number of carbonyl (C=O) groups is 1. The molecule has 0 spiro atoms. The molecule has 0 radical (unpaired) electrons. The van der Waals surface area contributed by atoms with Gasteiger partial charge in [-0.05, 0) is 36.8 Å². The van der Waals surface area contributed by atoms with Gasteiger partial charge in [-0.15, -0.1) is 0 Å². The van der Waals surface area contributed by atoms with Crippen LogP contribution >= 0.6 is 0 Å². The molecular formula is C25H24F3NO3S. The molecular weight excluding hydrogens is 451 g/mol. The minimum absolute atomic E-state index is 0.0119. The smallest absolute Gasteiger partial charge is 0.292 e. The van der Waals surface area contributed by atoms with Crippen LogP contribution in [-0.4, -0.2) is 20.2 Å². The molecule has 0 unspecified atom stereocenters. The molecule has 0 aliphatic heterocycles. The Morgan fingerprint density at radius 1 is 0.818 bits per heavy atom. The fraction of sp³-hybridized carbons (Fsp3) is 0.240. The van der Waals surface area contributed by atoms with Gasteiger partial charge in [0.25, 0.3) is 0 Å². The molecule has 0 saturated carbocycles. The Balaban J connectivity index is 2.06. The van der Waals surface area contributed by atoms with Gasteiger partial charge >= 0.3 is 6.18 Å². The number of benzene rings is 3. The lowest BCUT2D eigenvalue weighted by atomic mass is 9.75. The second kappa shape index (κ2) is 9.11. The molecule has 4 nitrogen and oxygen atoms in total. The molecule has 1 N–H and O–H groups in total. The number of carbonyl (C=O) groups excluding carboxylic acids is 1. The molecule has 174 valence electrons. The van der Waals surface area contributed by atoms with Gasteiger partial charge in [0.05, 0.1) is 16.5 Å². The molecule has 0 fully saturated rings. The first-order valence-electron chi connectivity index (χ1n) is 10.2. The zero-order valence-corrected chi connectivity index (χ0v) is 19.2. The van der Waals surface area contributed by atoms with Crippen LogP contribution in [-0.2, 0) is 21.6 Å². The molecule has 0 aliphatic carbocycles. The van der Waals surface area contributed by atoms with Gasteiger partial charge in [0.2, 0.25) is 10.0 Å². The van der Waals surface area contributed by atoms with Crippen molar-refractivity contribution in [3.05, 3.63) is 101 Å². The largest absolute Gasteiger partial charge is 0.416 e. The summed E-state index contributed by atoms with van der Waals surface area (Å²) in [7, 11) is -4.10. The van der Waals surface area contributed by atoms with Crippen LogP contribution in [0.25, 0.3) is 0 Å². The second-order valence-electron chi connectivity index (χ2n) is 8.39. The number of halogens is 3. The highest BCUT2D eigenvalue weighted by Crippen LogP contribution is 2.34. The molecule has 0 aliphatic rings. The molecule has 0 aromatic heterocycles. The summed E-state index contributed by atoms with van der Waals surface area (Å²) in [5.74, 6) is -0.490. The zero-order valence-electron chi connectivity index (χ0n) is 18.3. The van der Waals surface area contributed by atoms with Crippen molar-refractivity contribution in [2.45, 2.75) is 43.3 Å². The van der Waals surface area contributed by atoms with E-state index in [4.69, 9.17) is 0 Å². The molecule has 0 heterocycles. The van der Waals surface area contributed by atoms with Crippen LogP contribution in [0.4, 0.5) is 13.2 Å². The fourth-order valence-corrected chi connectivity index (χ4v) is 4.84. The monoisotopic (exact) mass is 475 g/mol. The number of hydrogen-bond acceptors (Lipinski definition) is 3. The molecule has 3 aromatic rings. The number of aryl methyl sites for hydroxylation is 1. The number of ketones is 1. The SMILES string of the molecule is Cc1ccc(S(=O)(=O)N[C@H](C(=O)c2ccccc2)C(C)(C)c2ccc(C(F)(F)F)cc2)cc1. The highest BCUT2D eigenvalue weighted by Gasteiger charge is 2.40. The predicted octanol–water partition coefficient (Wildman–Crippen LogP) is 5.52. The molecule has 8 heteroatoms. The number of Topliss-reactive ketones (excluding diaryl/α,β-unsaturated/α-hetero) is 1. The highest BCUT2D eigenvalue weighted by atomic mass is 32.2. The quantitative estimate of drug-likeness (QED) is 0.458. The first-order valence-corrected chi connectivity index (χ1v) is 11.7. The first kappa shape index (κ1) is 24.7. The normalized spacial score (nSPS) is 13.5. The maximum atomic E-state index is 13.4. The number of nitrogens with one attached hydrogen (secondary N) is 1. The lowest BCUT2D eigenvalue weighted by molar-refractivity contribution is -0.137. The molecule has 33 heavy (non-hydrogen) atoms. The Morgan fingerprint density at radius 2 is 1.33 bits per heavy atom. The average Bonchev–Trinajstić information content (AvgIpc) is 2.77. The average molecular weight is 476 g/mol. The van der Waals surface area contributed by atoms with Crippen molar-refractivity contribution in [1.82, 2.24) is 4.72 Å². The summed E-state index contributed by atoms with van der Waals surface area (Å²) in [5, 5.41) is 0. The van der Waals surface area contributed by atoms with E-state index < -0.39 is 39.0 Å². The van der Waals surface area contributed by atoms with E-state index >= 15 is 0 Å². The van der Waals surface area contributed by atoms with Crippen molar-refractivity contribution in [1.29, 1.82) is 0 Å². The van der Waals surface area contributed by atoms with Crippen molar-refractivity contribution < 1.29 is 26.4 Å². The van der Waals surface area contributed by atoms with Gasteiger partial charge in [-0.2, -0.15) is 17.9 Å². The van der Waals surface area contributed by atoms with Gasteiger partial charge in [-0.1, -0.05) is 74.0 Å². The fourth-order valence-electron chi connectivity index (χ4n) is 3.49. The Bertz CT molecular complexity index is 1220. The van der Waals surface area contributed by atoms with Gasteiger partial charge in [0.15, 0.2) is 5.78 Å². The summed E-state index contributed by atoms with van der Waals surface area (Å²) in [6, 6.07) is 17.5. The van der Waals surface area contributed by atoms with Gasteiger partial charge < -0.3 is 0 Å². The van der Waals surface area contributed by atoms with E-state index in [1.807, 2.05) is 6.92 Å². The number of rotatable bonds is 7. The van der Waals surface area contributed by atoms with Crippen molar-refractivity contribution >= 4 is 15.8 Å². The van der Waals surface area contributed by atoms with E-state index in [9.17, 15) is 26.4 Å². The molecule has 3 aromatic carbocycles. The molecule has 3 rings (SSSR count). The summed E-state index contributed by atoms with van der Waals surface area (Å²) in [6.07, 6.45) is -4.50. The Hall–Kier alpha value is -2.97. The number of sulfonamides is 1. The summed E-state index contributed by atoms with van der Waals surface area (Å²) in [5.41, 5.74) is -0.455. The van der Waals surface area contributed by atoms with Gasteiger partial charge in [-0.3, -0.25) is 4.79 Å². The van der Waals surface area contributed by atoms with Crippen LogP contribution < -0.4 is 4.72 Å². The Labute approximate surface area is 191 Å². The van der Waals surface area contributed by atoms with E-state index in [-0.39, 0.29) is 10.5 Å². The van der Waals surface area contributed by atoms with E-state index in [1.54, 1.807) is 56.3 Å². The third kappa shape index (κ3) is 5.51. The summed E-state index contributed by atoms with van der Waals surface area (Å²) < 4.78 is 67.8. The zero-order chi connectivity index (χ0) is 24.4. The Morgan fingerprint density at radius 3 is 1.85 bits per heavy atom. The van der Waals surface area contributed by atoms with Crippen molar-refractivity contribution in [2.24, 2.45) is 0 Å². The minimum Gasteiger partial charge on any atom is -0.292 e. The molecule has 0 bridgehead atoms. The van der Waals surface area contributed by atoms with Crippen molar-refractivity contribution in [2.75, 3.05) is 0 Å². The van der Waals surface area contributed by atoms with Crippen LogP contribution in [0.3, 0.4) is 0 Å². The van der Waals surface area contributed by atoms with Gasteiger partial charge in [-0.25, -0.2) is 8.42 Å². The lowest BCUT2D eigenvalue weighted by Gasteiger charge is -2.34. The summed E-state index contributed by atoms with van der Waals surface area (Å²) >= 11 is 0. The third-order valence-corrected chi connectivity index (χ3v) is 7.04. The van der Waals surface area contributed by atoms with E-state index in [2.05, 4.69) is 4.72 Å². The van der Waals surface area contributed by atoms with Crippen LogP contribution in [0.15, 0.2) is 83.8 Å². The maximum Gasteiger partial charge on any atom is 0.416 e. The van der Waals surface area contributed by atoms with Crippen LogP contribution in [0.2, 0.25) is 0 Å². The number of alkyl halides is 3. The predicted molar refractivity (Wildman–Crippen MR) is 121 cm³/mol. The van der Waals surface area contributed by atoms with Crippen molar-refractivity contribution in [3.63, 3.8) is 0 Å². The van der Waals surface area contributed by atoms with Gasteiger partial charge in [0, 0.05) is 11.0 Å². The van der Waals surface area contributed by atoms with Crippen molar-refractivity contribution in [3.8, 4) is 0 Å². The van der Waals surface area contributed by atoms with Crippen LogP contribution in [0.5, 0.6) is 0 Å². The van der Waals surface area contributed by atoms with E-state index in [1.165, 1.54) is 24.3 Å². The van der Waals surface area contributed by atoms with E-state index in [0.29, 0.717) is 5.56 Å². The third-order valence-electron chi connectivity index (χ3n) is 5.60. The molecule has 0 saturated heterocycles. The standard InChI is InChI=1S/C25H24F3NO3S/c1-17-9-15-21(16-10-17)33(31,32)29-23(22(30)18-7-5-4-6-8-18)24(2,3)19-11-13-20(14-12-19)25(26,27)28/h4-16,23,29H,1-3H3/t23-/m1/s1. The second-order valence-corrected chi connectivity index (χ2v) is 10.1. The maximum absolute atomic E-state index is 13.4. The topological polar surface area (TPSA) is 63.2 Å². The summed E-state index contributed by atoms with van der Waals surface area (Å²) in [6.45, 7) is 5.07.